The molecule has 1 saturated heterocycles. The van der Waals surface area contributed by atoms with Crippen LogP contribution in [0.2, 0.25) is 0 Å². The third kappa shape index (κ3) is 3.46. The Balaban J connectivity index is 1.62. The van der Waals surface area contributed by atoms with Crippen LogP contribution < -0.4 is 0 Å². The normalized spacial score (nSPS) is 15.8. The maximum absolute atomic E-state index is 13.5. The second kappa shape index (κ2) is 5.74. The van der Waals surface area contributed by atoms with Crippen LogP contribution in [0.4, 0.5) is 9.18 Å². The van der Waals surface area contributed by atoms with Crippen molar-refractivity contribution in [2.45, 2.75) is 32.9 Å². The van der Waals surface area contributed by atoms with Gasteiger partial charge in [-0.3, -0.25) is 0 Å². The molecule has 0 unspecified atom stereocenters. The number of hydrogen-bond acceptors (Lipinski definition) is 4. The minimum absolute atomic E-state index is 0.288. The molecule has 0 saturated carbocycles. The van der Waals surface area contributed by atoms with Crippen molar-refractivity contribution >= 4 is 33.1 Å². The Bertz CT molecular complexity index is 750. The van der Waals surface area contributed by atoms with Crippen LogP contribution in [0.5, 0.6) is 0 Å². The maximum atomic E-state index is 13.5. The fraction of sp³-hybridized carbons (Fsp3) is 0.533. The van der Waals surface area contributed by atoms with Crippen LogP contribution in [0.3, 0.4) is 0 Å². The highest BCUT2D eigenvalue weighted by molar-refractivity contribution is 9.10. The molecule has 1 aromatic carbocycles. The lowest BCUT2D eigenvalue weighted by Crippen LogP contribution is -2.52. The summed E-state index contributed by atoms with van der Waals surface area (Å²) in [5.74, 6) is -0.0689. The van der Waals surface area contributed by atoms with Gasteiger partial charge in [-0.25, -0.2) is 13.9 Å². The van der Waals surface area contributed by atoms with Crippen molar-refractivity contribution in [3.05, 3.63) is 22.4 Å². The topological polar surface area (TPSA) is 60.2 Å². The molecule has 0 spiro atoms. The Labute approximate surface area is 141 Å². The summed E-state index contributed by atoms with van der Waals surface area (Å²) in [6.45, 7) is 7.42. The van der Waals surface area contributed by atoms with Crippen molar-refractivity contribution < 1.29 is 13.9 Å². The molecule has 1 aliphatic heterocycles. The fourth-order valence-corrected chi connectivity index (χ4v) is 2.83. The summed E-state index contributed by atoms with van der Waals surface area (Å²) in [7, 11) is 0. The molecule has 1 aliphatic rings. The molecule has 1 aromatic heterocycles. The minimum Gasteiger partial charge on any atom is -0.444 e. The first-order valence-electron chi connectivity index (χ1n) is 7.39. The van der Waals surface area contributed by atoms with E-state index in [1.54, 1.807) is 15.6 Å². The van der Waals surface area contributed by atoms with Gasteiger partial charge < -0.3 is 9.64 Å². The van der Waals surface area contributed by atoms with E-state index in [-0.39, 0.29) is 17.8 Å². The van der Waals surface area contributed by atoms with Crippen LogP contribution in [0.1, 0.15) is 20.8 Å². The van der Waals surface area contributed by atoms with Crippen molar-refractivity contribution in [3.8, 4) is 0 Å². The molecule has 1 fully saturated rings. The van der Waals surface area contributed by atoms with Gasteiger partial charge in [-0.1, -0.05) is 5.21 Å². The van der Waals surface area contributed by atoms with Crippen molar-refractivity contribution in [2.75, 3.05) is 13.1 Å². The van der Waals surface area contributed by atoms with Gasteiger partial charge in [0.25, 0.3) is 0 Å². The summed E-state index contributed by atoms with van der Waals surface area (Å²) in [5, 5.41) is 8.05. The molecule has 3 rings (SSSR count). The van der Waals surface area contributed by atoms with E-state index in [0.717, 1.165) is 5.52 Å². The van der Waals surface area contributed by atoms with Gasteiger partial charge >= 0.3 is 6.09 Å². The second-order valence-electron chi connectivity index (χ2n) is 6.78. The number of amides is 1. The highest BCUT2D eigenvalue weighted by Gasteiger charge is 2.34. The van der Waals surface area contributed by atoms with E-state index in [0.29, 0.717) is 29.6 Å². The first-order valence-corrected chi connectivity index (χ1v) is 8.18. The van der Waals surface area contributed by atoms with Gasteiger partial charge in [0.15, 0.2) is 0 Å². The number of aromatic nitrogens is 3. The van der Waals surface area contributed by atoms with E-state index < -0.39 is 5.60 Å². The number of likely N-dealkylation sites (tertiary alicyclic amines) is 1. The van der Waals surface area contributed by atoms with Crippen molar-refractivity contribution in [1.82, 2.24) is 19.9 Å². The van der Waals surface area contributed by atoms with E-state index >= 15 is 0 Å². The van der Waals surface area contributed by atoms with E-state index in [2.05, 4.69) is 26.2 Å². The van der Waals surface area contributed by atoms with Crippen molar-refractivity contribution in [2.24, 2.45) is 5.92 Å². The molecule has 8 heteroatoms. The zero-order valence-electron chi connectivity index (χ0n) is 13.2. The zero-order valence-corrected chi connectivity index (χ0v) is 14.8. The van der Waals surface area contributed by atoms with Crippen LogP contribution in [0.15, 0.2) is 16.6 Å². The first-order chi connectivity index (χ1) is 10.7. The first kappa shape index (κ1) is 16.2. The Kier molecular flexibility index (Phi) is 4.03. The number of carbonyl (C=O) groups is 1. The van der Waals surface area contributed by atoms with E-state index in [1.165, 1.54) is 6.07 Å². The quantitative estimate of drug-likeness (QED) is 0.797. The molecule has 2 aromatic rings. The third-order valence-corrected chi connectivity index (χ3v) is 4.20. The highest BCUT2D eigenvalue weighted by atomic mass is 79.9. The third-order valence-electron chi connectivity index (χ3n) is 3.60. The van der Waals surface area contributed by atoms with Gasteiger partial charge in [-0.15, -0.1) is 5.10 Å². The number of benzene rings is 1. The van der Waals surface area contributed by atoms with Gasteiger partial charge in [-0.05, 0) is 42.8 Å². The lowest BCUT2D eigenvalue weighted by atomic mass is 10.0. The number of rotatable bonds is 2. The number of halogens is 2. The van der Waals surface area contributed by atoms with Gasteiger partial charge in [0.05, 0.1) is 9.99 Å². The number of nitrogens with zero attached hydrogens (tertiary/aromatic N) is 4. The SMILES string of the molecule is CC(C)(C)OC(=O)N1CC(Cn2nnc3cc(F)c(Br)cc32)C1. The largest absolute Gasteiger partial charge is 0.444 e. The summed E-state index contributed by atoms with van der Waals surface area (Å²) >= 11 is 3.18. The summed E-state index contributed by atoms with van der Waals surface area (Å²) in [4.78, 5) is 13.6. The predicted octanol–water partition coefficient (Wildman–Crippen LogP) is 3.20. The number of fused-ring (bicyclic) bond motifs is 1. The number of ether oxygens (including phenoxy) is 1. The zero-order chi connectivity index (χ0) is 16.8. The van der Waals surface area contributed by atoms with Crippen molar-refractivity contribution in [1.29, 1.82) is 0 Å². The second-order valence-corrected chi connectivity index (χ2v) is 7.63. The Morgan fingerprint density at radius 2 is 2.13 bits per heavy atom. The van der Waals surface area contributed by atoms with Gasteiger partial charge in [0.2, 0.25) is 0 Å². The average molecular weight is 385 g/mol. The average Bonchev–Trinajstić information content (AvgIpc) is 2.74. The van der Waals surface area contributed by atoms with Crippen LogP contribution in [0, 0.1) is 11.7 Å². The number of hydrogen-bond donors (Lipinski definition) is 0. The van der Waals surface area contributed by atoms with Crippen LogP contribution >= 0.6 is 15.9 Å². The van der Waals surface area contributed by atoms with E-state index in [4.69, 9.17) is 4.74 Å². The van der Waals surface area contributed by atoms with Crippen molar-refractivity contribution in [3.63, 3.8) is 0 Å². The van der Waals surface area contributed by atoms with Gasteiger partial charge in [0.1, 0.15) is 16.9 Å². The van der Waals surface area contributed by atoms with Gasteiger partial charge in [0, 0.05) is 31.6 Å². The molecule has 0 atom stereocenters. The summed E-state index contributed by atoms with van der Waals surface area (Å²) in [6, 6.07) is 3.03. The molecule has 0 aliphatic carbocycles. The molecule has 0 radical (unpaired) electrons. The minimum atomic E-state index is -0.485. The smallest absolute Gasteiger partial charge is 0.410 e. The van der Waals surface area contributed by atoms with E-state index in [9.17, 15) is 9.18 Å². The highest BCUT2D eigenvalue weighted by Crippen LogP contribution is 2.25. The molecule has 23 heavy (non-hydrogen) atoms. The summed E-state index contributed by atoms with van der Waals surface area (Å²) < 4.78 is 21.0. The Morgan fingerprint density at radius 3 is 2.78 bits per heavy atom. The Morgan fingerprint density at radius 1 is 1.43 bits per heavy atom. The van der Waals surface area contributed by atoms with Gasteiger partial charge in [-0.2, -0.15) is 0 Å². The molecule has 2 heterocycles. The Hall–Kier alpha value is -1.70. The predicted molar refractivity (Wildman–Crippen MR) is 86.5 cm³/mol. The van der Waals surface area contributed by atoms with Crippen LogP contribution in [-0.2, 0) is 11.3 Å². The fourth-order valence-electron chi connectivity index (χ4n) is 2.50. The lowest BCUT2D eigenvalue weighted by molar-refractivity contribution is -0.00371. The molecular formula is C15H18BrFN4O2. The molecule has 6 nitrogen and oxygen atoms in total. The van der Waals surface area contributed by atoms with Crippen LogP contribution in [0.25, 0.3) is 11.0 Å². The molecule has 0 bridgehead atoms. The van der Waals surface area contributed by atoms with Crippen LogP contribution in [-0.4, -0.2) is 44.7 Å². The molecule has 0 N–H and O–H groups in total. The maximum Gasteiger partial charge on any atom is 0.410 e. The standard InChI is InChI=1S/C15H18BrFN4O2/c1-15(2,3)23-14(22)20-6-9(7-20)8-21-13-4-10(16)11(17)5-12(13)18-19-21/h4-5,9H,6-8H2,1-3H3. The monoisotopic (exact) mass is 384 g/mol. The summed E-state index contributed by atoms with van der Waals surface area (Å²) in [5.41, 5.74) is 0.809. The molecule has 124 valence electrons. The number of carbonyl (C=O) groups excluding carboxylic acids is 1. The molecular weight excluding hydrogens is 367 g/mol. The molecule has 1 amide bonds. The summed E-state index contributed by atoms with van der Waals surface area (Å²) in [6.07, 6.45) is -0.290. The van der Waals surface area contributed by atoms with E-state index in [1.807, 2.05) is 20.8 Å². The lowest BCUT2D eigenvalue weighted by Gasteiger charge is -2.39.